The van der Waals surface area contributed by atoms with Crippen molar-refractivity contribution in [2.45, 2.75) is 32.4 Å². The highest BCUT2D eigenvalue weighted by atomic mass is 79.9. The number of halogens is 1. The molecule has 0 aliphatic heterocycles. The Labute approximate surface area is 150 Å². The molecule has 0 saturated heterocycles. The van der Waals surface area contributed by atoms with Gasteiger partial charge < -0.3 is 10.6 Å². The Kier molecular flexibility index (Phi) is 6.55. The van der Waals surface area contributed by atoms with Crippen LogP contribution in [0.5, 0.6) is 0 Å². The van der Waals surface area contributed by atoms with Crippen molar-refractivity contribution in [2.24, 2.45) is 0 Å². The number of hydrogen-bond acceptors (Lipinski definition) is 2. The van der Waals surface area contributed by atoms with Crippen molar-refractivity contribution in [1.29, 1.82) is 0 Å². The van der Waals surface area contributed by atoms with Gasteiger partial charge >= 0.3 is 0 Å². The van der Waals surface area contributed by atoms with Gasteiger partial charge in [0.05, 0.1) is 0 Å². The fourth-order valence-corrected chi connectivity index (χ4v) is 2.55. The minimum atomic E-state index is -0.619. The van der Waals surface area contributed by atoms with Crippen molar-refractivity contribution in [3.05, 3.63) is 70.2 Å². The van der Waals surface area contributed by atoms with Gasteiger partial charge in [-0.2, -0.15) is 0 Å². The zero-order chi connectivity index (χ0) is 17.5. The van der Waals surface area contributed by atoms with Crippen LogP contribution in [0.1, 0.15) is 29.8 Å². The van der Waals surface area contributed by atoms with E-state index in [1.807, 2.05) is 44.2 Å². The third kappa shape index (κ3) is 5.49. The fourth-order valence-electron chi connectivity index (χ4n) is 2.29. The normalized spacial score (nSPS) is 11.8. The van der Waals surface area contributed by atoms with Crippen LogP contribution < -0.4 is 10.6 Å². The van der Waals surface area contributed by atoms with Crippen LogP contribution in [-0.4, -0.2) is 23.9 Å². The van der Waals surface area contributed by atoms with Crippen molar-refractivity contribution in [1.82, 2.24) is 10.6 Å². The molecule has 0 aliphatic rings. The molecule has 4 nitrogen and oxygen atoms in total. The van der Waals surface area contributed by atoms with E-state index in [0.29, 0.717) is 12.0 Å². The first-order valence-corrected chi connectivity index (χ1v) is 8.65. The van der Waals surface area contributed by atoms with Gasteiger partial charge in [0.1, 0.15) is 6.04 Å². The first-order valence-electron chi connectivity index (χ1n) is 7.86. The number of nitrogens with one attached hydrogen (secondary N) is 2. The van der Waals surface area contributed by atoms with Crippen LogP contribution in [0.3, 0.4) is 0 Å². The summed E-state index contributed by atoms with van der Waals surface area (Å²) in [6.45, 7) is 3.79. The van der Waals surface area contributed by atoms with Gasteiger partial charge in [-0.25, -0.2) is 0 Å². The number of benzene rings is 2. The number of hydrogen-bond donors (Lipinski definition) is 2. The summed E-state index contributed by atoms with van der Waals surface area (Å²) < 4.78 is 0.900. The predicted molar refractivity (Wildman–Crippen MR) is 98.8 cm³/mol. The van der Waals surface area contributed by atoms with Gasteiger partial charge in [-0.1, -0.05) is 46.3 Å². The molecule has 126 valence electrons. The second kappa shape index (κ2) is 8.64. The number of carbonyl (C=O) groups is 2. The van der Waals surface area contributed by atoms with Crippen LogP contribution in [0.25, 0.3) is 0 Å². The van der Waals surface area contributed by atoms with Gasteiger partial charge in [0, 0.05) is 22.5 Å². The molecule has 0 spiro atoms. The molecule has 2 rings (SSSR count). The first-order chi connectivity index (χ1) is 11.5. The van der Waals surface area contributed by atoms with E-state index in [0.717, 1.165) is 10.0 Å². The van der Waals surface area contributed by atoms with E-state index in [2.05, 4.69) is 26.6 Å². The maximum Gasteiger partial charge on any atom is 0.251 e. The summed E-state index contributed by atoms with van der Waals surface area (Å²) in [5.41, 5.74) is 1.52. The molecule has 0 unspecified atom stereocenters. The van der Waals surface area contributed by atoms with Crippen LogP contribution in [0, 0.1) is 0 Å². The van der Waals surface area contributed by atoms with Crippen LogP contribution in [0.2, 0.25) is 0 Å². The second-order valence-electron chi connectivity index (χ2n) is 5.89. The summed E-state index contributed by atoms with van der Waals surface area (Å²) in [7, 11) is 0. The molecule has 0 aliphatic carbocycles. The van der Waals surface area contributed by atoms with Crippen LogP contribution in [-0.2, 0) is 11.2 Å². The molecular formula is C19H21BrN2O2. The molecule has 1 atom stereocenters. The highest BCUT2D eigenvalue weighted by Crippen LogP contribution is 2.11. The molecule has 0 heterocycles. The van der Waals surface area contributed by atoms with Crippen molar-refractivity contribution in [3.63, 3.8) is 0 Å². The van der Waals surface area contributed by atoms with E-state index < -0.39 is 6.04 Å². The monoisotopic (exact) mass is 388 g/mol. The molecule has 0 bridgehead atoms. The Hall–Kier alpha value is -2.14. The molecule has 0 saturated carbocycles. The van der Waals surface area contributed by atoms with E-state index in [1.165, 1.54) is 0 Å². The smallest absolute Gasteiger partial charge is 0.251 e. The number of carbonyl (C=O) groups excluding carboxylic acids is 2. The summed E-state index contributed by atoms with van der Waals surface area (Å²) >= 11 is 3.34. The SMILES string of the molecule is CC(C)NC(=O)[C@H](Cc1ccccc1)NC(=O)c1ccc(Br)cc1. The van der Waals surface area contributed by atoms with Gasteiger partial charge in [-0.05, 0) is 43.7 Å². The lowest BCUT2D eigenvalue weighted by molar-refractivity contribution is -0.123. The van der Waals surface area contributed by atoms with Crippen molar-refractivity contribution in [3.8, 4) is 0 Å². The molecule has 2 aromatic rings. The highest BCUT2D eigenvalue weighted by Gasteiger charge is 2.22. The number of amides is 2. The molecule has 2 N–H and O–H groups in total. The Balaban J connectivity index is 2.13. The van der Waals surface area contributed by atoms with E-state index >= 15 is 0 Å². The van der Waals surface area contributed by atoms with E-state index in [9.17, 15) is 9.59 Å². The summed E-state index contributed by atoms with van der Waals surface area (Å²) in [5, 5.41) is 5.71. The molecule has 24 heavy (non-hydrogen) atoms. The Morgan fingerprint density at radius 2 is 1.58 bits per heavy atom. The zero-order valence-corrected chi connectivity index (χ0v) is 15.3. The first kappa shape index (κ1) is 18.2. The quantitative estimate of drug-likeness (QED) is 0.797. The average molecular weight is 389 g/mol. The average Bonchev–Trinajstić information content (AvgIpc) is 2.55. The third-order valence-corrected chi connectivity index (χ3v) is 3.97. The topological polar surface area (TPSA) is 58.2 Å². The summed E-state index contributed by atoms with van der Waals surface area (Å²) in [5.74, 6) is -0.443. The Morgan fingerprint density at radius 1 is 0.958 bits per heavy atom. The van der Waals surface area contributed by atoms with Gasteiger partial charge in [0.2, 0.25) is 5.91 Å². The molecule has 5 heteroatoms. The van der Waals surface area contributed by atoms with E-state index in [-0.39, 0.29) is 17.9 Å². The van der Waals surface area contributed by atoms with Crippen molar-refractivity contribution < 1.29 is 9.59 Å². The summed E-state index contributed by atoms with van der Waals surface area (Å²) in [4.78, 5) is 24.9. The van der Waals surface area contributed by atoms with Crippen molar-refractivity contribution in [2.75, 3.05) is 0 Å². The van der Waals surface area contributed by atoms with Crippen LogP contribution in [0.15, 0.2) is 59.1 Å². The summed E-state index contributed by atoms with van der Waals surface area (Å²) in [6, 6.07) is 16.1. The predicted octanol–water partition coefficient (Wildman–Crippen LogP) is 3.31. The minimum Gasteiger partial charge on any atom is -0.352 e. The van der Waals surface area contributed by atoms with Crippen LogP contribution in [0.4, 0.5) is 0 Å². The van der Waals surface area contributed by atoms with E-state index in [4.69, 9.17) is 0 Å². The van der Waals surface area contributed by atoms with Gasteiger partial charge in [0.25, 0.3) is 5.91 Å². The standard InChI is InChI=1S/C19H21BrN2O2/c1-13(2)21-19(24)17(12-14-6-4-3-5-7-14)22-18(23)15-8-10-16(20)11-9-15/h3-11,13,17H,12H2,1-2H3,(H,21,24)(H,22,23)/t17-/m0/s1. The molecule has 0 radical (unpaired) electrons. The number of rotatable bonds is 6. The lowest BCUT2D eigenvalue weighted by atomic mass is 10.0. The Bertz CT molecular complexity index is 684. The Morgan fingerprint density at radius 3 is 2.17 bits per heavy atom. The van der Waals surface area contributed by atoms with Gasteiger partial charge in [0.15, 0.2) is 0 Å². The highest BCUT2D eigenvalue weighted by molar-refractivity contribution is 9.10. The van der Waals surface area contributed by atoms with E-state index in [1.54, 1.807) is 24.3 Å². The van der Waals surface area contributed by atoms with Crippen LogP contribution >= 0.6 is 15.9 Å². The molecule has 0 aromatic heterocycles. The van der Waals surface area contributed by atoms with Gasteiger partial charge in [-0.15, -0.1) is 0 Å². The third-order valence-electron chi connectivity index (χ3n) is 3.44. The largest absolute Gasteiger partial charge is 0.352 e. The molecular weight excluding hydrogens is 368 g/mol. The summed E-state index contributed by atoms with van der Waals surface area (Å²) in [6.07, 6.45) is 0.446. The lowest BCUT2D eigenvalue weighted by Gasteiger charge is -2.20. The maximum atomic E-state index is 12.4. The lowest BCUT2D eigenvalue weighted by Crippen LogP contribution is -2.49. The fraction of sp³-hybridized carbons (Fsp3) is 0.263. The second-order valence-corrected chi connectivity index (χ2v) is 6.80. The van der Waals surface area contributed by atoms with Gasteiger partial charge in [-0.3, -0.25) is 9.59 Å². The molecule has 2 aromatic carbocycles. The zero-order valence-electron chi connectivity index (χ0n) is 13.8. The molecule has 2 amide bonds. The minimum absolute atomic E-state index is 0.0142. The maximum absolute atomic E-state index is 12.4. The molecule has 0 fully saturated rings. The van der Waals surface area contributed by atoms with Crippen molar-refractivity contribution >= 4 is 27.7 Å².